The van der Waals surface area contributed by atoms with E-state index in [9.17, 15) is 0 Å². The molecule has 4 nitrogen and oxygen atoms in total. The van der Waals surface area contributed by atoms with Crippen molar-refractivity contribution in [1.29, 1.82) is 0 Å². The van der Waals surface area contributed by atoms with Crippen molar-refractivity contribution in [3.8, 4) is 11.4 Å². The van der Waals surface area contributed by atoms with Gasteiger partial charge in [-0.15, -0.1) is 10.2 Å². The molecule has 7 heteroatoms. The van der Waals surface area contributed by atoms with E-state index in [1.54, 1.807) is 11.8 Å². The standard InChI is InChI=1S/C19H14Cl2N4S/c1-25-18(14-7-3-4-8-15(14)20)23-24-19(25)26-11-13-10-12-6-2-5-9-16(12)22-17(13)21/h2-10H,11H2,1H3. The number of hydrogen-bond donors (Lipinski definition) is 0. The lowest BCUT2D eigenvalue weighted by Gasteiger charge is -2.07. The SMILES string of the molecule is Cn1c(SCc2cc3ccccc3nc2Cl)nnc1-c1ccccc1Cl. The van der Waals surface area contributed by atoms with Gasteiger partial charge >= 0.3 is 0 Å². The van der Waals surface area contributed by atoms with Crippen LogP contribution in [0.25, 0.3) is 22.3 Å². The molecule has 0 aliphatic heterocycles. The summed E-state index contributed by atoms with van der Waals surface area (Å²) in [5, 5.41) is 11.6. The molecule has 0 unspecified atom stereocenters. The molecule has 0 N–H and O–H groups in total. The first-order chi connectivity index (χ1) is 12.6. The van der Waals surface area contributed by atoms with E-state index >= 15 is 0 Å². The van der Waals surface area contributed by atoms with Gasteiger partial charge in [0.15, 0.2) is 11.0 Å². The van der Waals surface area contributed by atoms with Crippen LogP contribution in [-0.4, -0.2) is 19.7 Å². The Kier molecular flexibility index (Phi) is 4.85. The highest BCUT2D eigenvalue weighted by molar-refractivity contribution is 7.98. The largest absolute Gasteiger partial charge is 0.305 e. The third kappa shape index (κ3) is 3.30. The fourth-order valence-corrected chi connectivity index (χ4v) is 4.09. The summed E-state index contributed by atoms with van der Waals surface area (Å²) in [6.07, 6.45) is 0. The van der Waals surface area contributed by atoms with Gasteiger partial charge in [0.25, 0.3) is 0 Å². The van der Waals surface area contributed by atoms with Crippen molar-refractivity contribution in [2.45, 2.75) is 10.9 Å². The lowest BCUT2D eigenvalue weighted by atomic mass is 10.2. The van der Waals surface area contributed by atoms with Gasteiger partial charge in [-0.25, -0.2) is 4.98 Å². The third-order valence-corrected chi connectivity index (χ3v) is 5.78. The molecule has 0 aliphatic rings. The summed E-state index contributed by atoms with van der Waals surface area (Å²) >= 11 is 14.2. The van der Waals surface area contributed by atoms with Crippen molar-refractivity contribution in [3.05, 3.63) is 70.3 Å². The number of rotatable bonds is 4. The summed E-state index contributed by atoms with van der Waals surface area (Å²) in [7, 11) is 1.93. The molecular formula is C19H14Cl2N4S. The highest BCUT2D eigenvalue weighted by Gasteiger charge is 2.14. The molecule has 4 aromatic rings. The molecular weight excluding hydrogens is 387 g/mol. The molecule has 2 aromatic heterocycles. The predicted octanol–water partition coefficient (Wildman–Crippen LogP) is 5.63. The maximum Gasteiger partial charge on any atom is 0.191 e. The average Bonchev–Trinajstić information content (AvgIpc) is 3.01. The van der Waals surface area contributed by atoms with E-state index in [2.05, 4.69) is 21.2 Å². The van der Waals surface area contributed by atoms with Crippen LogP contribution in [0.3, 0.4) is 0 Å². The zero-order valence-electron chi connectivity index (χ0n) is 13.9. The molecule has 0 radical (unpaired) electrons. The topological polar surface area (TPSA) is 43.6 Å². The van der Waals surface area contributed by atoms with Gasteiger partial charge in [0, 0.05) is 29.3 Å². The fraction of sp³-hybridized carbons (Fsp3) is 0.105. The average molecular weight is 401 g/mol. The monoisotopic (exact) mass is 400 g/mol. The quantitative estimate of drug-likeness (QED) is 0.328. The van der Waals surface area contributed by atoms with Crippen LogP contribution in [0, 0.1) is 0 Å². The number of nitrogens with zero attached hydrogens (tertiary/aromatic N) is 4. The second-order valence-corrected chi connectivity index (χ2v) is 7.47. The predicted molar refractivity (Wildman–Crippen MR) is 108 cm³/mol. The van der Waals surface area contributed by atoms with Crippen molar-refractivity contribution < 1.29 is 0 Å². The van der Waals surface area contributed by atoms with Gasteiger partial charge in [-0.3, -0.25) is 0 Å². The second-order valence-electron chi connectivity index (χ2n) is 5.76. The summed E-state index contributed by atoms with van der Waals surface area (Å²) in [4.78, 5) is 4.47. The van der Waals surface area contributed by atoms with Crippen LogP contribution >= 0.6 is 35.0 Å². The van der Waals surface area contributed by atoms with Crippen LogP contribution < -0.4 is 0 Å². The summed E-state index contributed by atoms with van der Waals surface area (Å²) in [6.45, 7) is 0. The van der Waals surface area contributed by atoms with Gasteiger partial charge in [-0.2, -0.15) is 0 Å². The van der Waals surface area contributed by atoms with Crippen LogP contribution in [0.5, 0.6) is 0 Å². The molecule has 26 heavy (non-hydrogen) atoms. The van der Waals surface area contributed by atoms with Crippen LogP contribution in [0.1, 0.15) is 5.56 Å². The zero-order valence-corrected chi connectivity index (χ0v) is 16.2. The highest BCUT2D eigenvalue weighted by atomic mass is 35.5. The van der Waals surface area contributed by atoms with Gasteiger partial charge in [0.2, 0.25) is 0 Å². The Morgan fingerprint density at radius 3 is 2.62 bits per heavy atom. The maximum absolute atomic E-state index is 6.35. The molecule has 2 aromatic carbocycles. The van der Waals surface area contributed by atoms with Crippen molar-refractivity contribution in [1.82, 2.24) is 19.7 Å². The Balaban J connectivity index is 1.60. The van der Waals surface area contributed by atoms with E-state index < -0.39 is 0 Å². The number of pyridine rings is 1. The molecule has 0 amide bonds. The lowest BCUT2D eigenvalue weighted by Crippen LogP contribution is -1.96. The van der Waals surface area contributed by atoms with Gasteiger partial charge in [0.1, 0.15) is 5.15 Å². The van der Waals surface area contributed by atoms with E-state index in [1.165, 1.54) is 0 Å². The van der Waals surface area contributed by atoms with E-state index in [0.29, 0.717) is 15.9 Å². The van der Waals surface area contributed by atoms with E-state index in [1.807, 2.05) is 60.1 Å². The number of hydrogen-bond acceptors (Lipinski definition) is 4. The molecule has 0 spiro atoms. The molecule has 0 saturated carbocycles. The summed E-state index contributed by atoms with van der Waals surface area (Å²) in [5.41, 5.74) is 2.73. The third-order valence-electron chi connectivity index (χ3n) is 4.06. The normalized spacial score (nSPS) is 11.2. The number of halogens is 2. The fourth-order valence-electron chi connectivity index (χ4n) is 2.70. The number of fused-ring (bicyclic) bond motifs is 1. The molecule has 0 aliphatic carbocycles. The van der Waals surface area contributed by atoms with Gasteiger partial charge < -0.3 is 4.57 Å². The molecule has 2 heterocycles. The first-order valence-corrected chi connectivity index (χ1v) is 9.69. The van der Waals surface area contributed by atoms with Crippen LogP contribution in [0.15, 0.2) is 59.8 Å². The first-order valence-electron chi connectivity index (χ1n) is 7.95. The van der Waals surface area contributed by atoms with Crippen molar-refractivity contribution >= 4 is 45.9 Å². The van der Waals surface area contributed by atoms with Crippen molar-refractivity contribution in [2.75, 3.05) is 0 Å². The van der Waals surface area contributed by atoms with E-state index in [-0.39, 0.29) is 0 Å². The molecule has 0 bridgehead atoms. The van der Waals surface area contributed by atoms with Crippen LogP contribution in [0.4, 0.5) is 0 Å². The minimum absolute atomic E-state index is 0.518. The minimum Gasteiger partial charge on any atom is -0.305 e. The Hall–Kier alpha value is -2.08. The number of para-hydroxylation sites is 1. The molecule has 0 fully saturated rings. The Morgan fingerprint density at radius 2 is 1.77 bits per heavy atom. The minimum atomic E-state index is 0.518. The lowest BCUT2D eigenvalue weighted by molar-refractivity contribution is 0.794. The van der Waals surface area contributed by atoms with Crippen molar-refractivity contribution in [3.63, 3.8) is 0 Å². The Morgan fingerprint density at radius 1 is 1.00 bits per heavy atom. The highest BCUT2D eigenvalue weighted by Crippen LogP contribution is 2.31. The van der Waals surface area contributed by atoms with E-state index in [4.69, 9.17) is 23.2 Å². The Labute approximate surface area is 165 Å². The number of benzene rings is 2. The van der Waals surface area contributed by atoms with Crippen LogP contribution in [-0.2, 0) is 12.8 Å². The van der Waals surface area contributed by atoms with Crippen LogP contribution in [0.2, 0.25) is 10.2 Å². The summed E-state index contributed by atoms with van der Waals surface area (Å²) < 4.78 is 1.94. The molecule has 0 atom stereocenters. The summed E-state index contributed by atoms with van der Waals surface area (Å²) in [6, 6.07) is 17.6. The van der Waals surface area contributed by atoms with Gasteiger partial charge in [0.05, 0.1) is 10.5 Å². The number of thioether (sulfide) groups is 1. The smallest absolute Gasteiger partial charge is 0.191 e. The van der Waals surface area contributed by atoms with E-state index in [0.717, 1.165) is 33.0 Å². The molecule has 4 rings (SSSR count). The first kappa shape index (κ1) is 17.3. The van der Waals surface area contributed by atoms with Gasteiger partial charge in [-0.1, -0.05) is 65.3 Å². The zero-order chi connectivity index (χ0) is 18.1. The molecule has 130 valence electrons. The maximum atomic E-state index is 6.35. The summed E-state index contributed by atoms with van der Waals surface area (Å²) in [5.74, 6) is 1.39. The van der Waals surface area contributed by atoms with Crippen molar-refractivity contribution in [2.24, 2.45) is 7.05 Å². The molecule has 0 saturated heterocycles. The number of aromatic nitrogens is 4. The Bertz CT molecular complexity index is 1090. The second kappa shape index (κ2) is 7.27. The van der Waals surface area contributed by atoms with Gasteiger partial charge in [-0.05, 0) is 24.3 Å².